The summed E-state index contributed by atoms with van der Waals surface area (Å²) in [5, 5.41) is 10.3. The molecule has 8 heteroatoms. The third-order valence-electron chi connectivity index (χ3n) is 1.69. The Morgan fingerprint density at radius 2 is 1.94 bits per heavy atom. The zero-order valence-corrected chi connectivity index (χ0v) is 8.66. The summed E-state index contributed by atoms with van der Waals surface area (Å²) in [5.41, 5.74) is -5.64. The summed E-state index contributed by atoms with van der Waals surface area (Å²) in [7, 11) is 0. The molecule has 0 bridgehead atoms. The third-order valence-corrected chi connectivity index (χ3v) is 2.62. The van der Waals surface area contributed by atoms with Crippen molar-refractivity contribution in [3.8, 4) is 0 Å². The maximum Gasteiger partial charge on any atom is 0.446 e. The number of nitro benzene ring substituents is 1. The van der Waals surface area contributed by atoms with E-state index in [-0.39, 0.29) is 5.56 Å². The van der Waals surface area contributed by atoms with Crippen LogP contribution in [0.4, 0.5) is 23.2 Å². The Morgan fingerprint density at radius 1 is 1.38 bits per heavy atom. The first-order valence-corrected chi connectivity index (χ1v) is 4.73. The number of hydrogen-bond donors (Lipinski definition) is 0. The van der Waals surface area contributed by atoms with E-state index in [4.69, 9.17) is 0 Å². The monoisotopic (exact) mass is 255 g/mol. The molecule has 0 fully saturated rings. The minimum Gasteiger partial charge on any atom is -0.258 e. The highest BCUT2D eigenvalue weighted by atomic mass is 32.2. The van der Waals surface area contributed by atoms with Crippen LogP contribution in [0, 0.1) is 22.9 Å². The van der Waals surface area contributed by atoms with Crippen LogP contribution in [0.1, 0.15) is 5.56 Å². The van der Waals surface area contributed by atoms with E-state index in [1.54, 1.807) is 0 Å². The summed E-state index contributed by atoms with van der Waals surface area (Å²) in [5.74, 6) is -1.45. The quantitative estimate of drug-likeness (QED) is 0.350. The molecule has 0 spiro atoms. The number of benzene rings is 1. The number of alkyl halides is 3. The normalized spacial score (nSPS) is 11.6. The second-order valence-electron chi connectivity index (χ2n) is 2.85. The lowest BCUT2D eigenvalue weighted by atomic mass is 10.2. The van der Waals surface area contributed by atoms with Gasteiger partial charge in [-0.1, -0.05) is 6.07 Å². The fourth-order valence-corrected chi connectivity index (χ4v) is 1.68. The molecule has 0 heterocycles. The molecule has 1 aromatic carbocycles. The van der Waals surface area contributed by atoms with Crippen molar-refractivity contribution in [2.24, 2.45) is 0 Å². The average Bonchev–Trinajstić information content (AvgIpc) is 2.10. The first kappa shape index (κ1) is 12.8. The van der Waals surface area contributed by atoms with E-state index < -0.39 is 38.6 Å². The van der Waals surface area contributed by atoms with Gasteiger partial charge in [-0.2, -0.15) is 17.6 Å². The van der Waals surface area contributed by atoms with Crippen LogP contribution in [0.15, 0.2) is 17.0 Å². The maximum atomic E-state index is 13.4. The minimum absolute atomic E-state index is 0.00502. The molecule has 3 nitrogen and oxygen atoms in total. The lowest BCUT2D eigenvalue weighted by Gasteiger charge is -2.09. The summed E-state index contributed by atoms with van der Waals surface area (Å²) >= 11 is -0.694. The SMILES string of the molecule is Cc1ccc([N+](=O)[O-])c(F)c1SC(F)(F)F. The molecule has 16 heavy (non-hydrogen) atoms. The summed E-state index contributed by atoms with van der Waals surface area (Å²) in [4.78, 5) is 8.50. The molecular weight excluding hydrogens is 250 g/mol. The van der Waals surface area contributed by atoms with E-state index in [9.17, 15) is 27.7 Å². The van der Waals surface area contributed by atoms with E-state index in [0.29, 0.717) is 0 Å². The fraction of sp³-hybridized carbons (Fsp3) is 0.250. The van der Waals surface area contributed by atoms with Gasteiger partial charge in [0.2, 0.25) is 5.82 Å². The molecule has 88 valence electrons. The van der Waals surface area contributed by atoms with Gasteiger partial charge >= 0.3 is 11.2 Å². The Bertz CT molecular complexity index is 433. The van der Waals surface area contributed by atoms with Crippen LogP contribution < -0.4 is 0 Å². The Balaban J connectivity index is 3.27. The van der Waals surface area contributed by atoms with Gasteiger partial charge in [0, 0.05) is 6.07 Å². The summed E-state index contributed by atoms with van der Waals surface area (Å²) < 4.78 is 49.5. The van der Waals surface area contributed by atoms with E-state index >= 15 is 0 Å². The van der Waals surface area contributed by atoms with Crippen LogP contribution in [0.2, 0.25) is 0 Å². The predicted molar refractivity (Wildman–Crippen MR) is 49.7 cm³/mol. The molecule has 0 unspecified atom stereocenters. The van der Waals surface area contributed by atoms with Crippen LogP contribution in [0.3, 0.4) is 0 Å². The third kappa shape index (κ3) is 2.84. The van der Waals surface area contributed by atoms with Crippen molar-refractivity contribution in [3.63, 3.8) is 0 Å². The zero-order chi connectivity index (χ0) is 12.5. The van der Waals surface area contributed by atoms with Crippen LogP contribution in [0.5, 0.6) is 0 Å². The lowest BCUT2D eigenvalue weighted by molar-refractivity contribution is -0.387. The highest BCUT2D eigenvalue weighted by Crippen LogP contribution is 2.41. The van der Waals surface area contributed by atoms with Crippen molar-refractivity contribution in [3.05, 3.63) is 33.6 Å². The molecule has 0 N–H and O–H groups in total. The first-order valence-electron chi connectivity index (χ1n) is 3.91. The molecule has 1 aromatic rings. The Labute approximate surface area is 91.6 Å². The van der Waals surface area contributed by atoms with Crippen LogP contribution in [-0.2, 0) is 0 Å². The number of nitrogens with zero attached hydrogens (tertiary/aromatic N) is 1. The lowest BCUT2D eigenvalue weighted by Crippen LogP contribution is -2.03. The highest BCUT2D eigenvalue weighted by molar-refractivity contribution is 8.00. The zero-order valence-electron chi connectivity index (χ0n) is 7.84. The van der Waals surface area contributed by atoms with Gasteiger partial charge in [0.05, 0.1) is 9.82 Å². The molecule has 0 aliphatic rings. The van der Waals surface area contributed by atoms with E-state index in [0.717, 1.165) is 12.1 Å². The number of nitro groups is 1. The second kappa shape index (κ2) is 4.28. The van der Waals surface area contributed by atoms with Gasteiger partial charge in [0.25, 0.3) is 0 Å². The molecular formula is C8H5F4NO2S. The molecule has 0 aliphatic heterocycles. The van der Waals surface area contributed by atoms with E-state index in [2.05, 4.69) is 0 Å². The number of halogens is 4. The van der Waals surface area contributed by atoms with Gasteiger partial charge in [-0.25, -0.2) is 0 Å². The summed E-state index contributed by atoms with van der Waals surface area (Å²) in [6, 6.07) is 1.92. The number of rotatable bonds is 2. The van der Waals surface area contributed by atoms with Crippen molar-refractivity contribution in [1.82, 2.24) is 0 Å². The Kier molecular flexibility index (Phi) is 3.41. The highest BCUT2D eigenvalue weighted by Gasteiger charge is 2.33. The van der Waals surface area contributed by atoms with Crippen molar-refractivity contribution < 1.29 is 22.5 Å². The van der Waals surface area contributed by atoms with Gasteiger partial charge in [-0.15, -0.1) is 0 Å². The van der Waals surface area contributed by atoms with Crippen LogP contribution >= 0.6 is 11.8 Å². The molecule has 0 saturated carbocycles. The Morgan fingerprint density at radius 3 is 2.38 bits per heavy atom. The van der Waals surface area contributed by atoms with Gasteiger partial charge in [0.15, 0.2) is 0 Å². The smallest absolute Gasteiger partial charge is 0.258 e. The van der Waals surface area contributed by atoms with Gasteiger partial charge in [-0.05, 0) is 24.2 Å². The van der Waals surface area contributed by atoms with Crippen molar-refractivity contribution in [2.45, 2.75) is 17.3 Å². The van der Waals surface area contributed by atoms with Crippen molar-refractivity contribution in [2.75, 3.05) is 0 Å². The van der Waals surface area contributed by atoms with E-state index in [1.807, 2.05) is 0 Å². The molecule has 0 radical (unpaired) electrons. The predicted octanol–water partition coefficient (Wildman–Crippen LogP) is 3.65. The maximum absolute atomic E-state index is 13.4. The Hall–Kier alpha value is -1.31. The van der Waals surface area contributed by atoms with E-state index in [1.165, 1.54) is 6.92 Å². The van der Waals surface area contributed by atoms with Crippen molar-refractivity contribution in [1.29, 1.82) is 0 Å². The van der Waals surface area contributed by atoms with Crippen LogP contribution in [0.25, 0.3) is 0 Å². The molecule has 1 rings (SSSR count). The molecule has 0 aliphatic carbocycles. The molecule has 0 saturated heterocycles. The van der Waals surface area contributed by atoms with Crippen LogP contribution in [-0.4, -0.2) is 10.4 Å². The number of thioether (sulfide) groups is 1. The van der Waals surface area contributed by atoms with Gasteiger partial charge in [-0.3, -0.25) is 10.1 Å². The van der Waals surface area contributed by atoms with Gasteiger partial charge < -0.3 is 0 Å². The largest absolute Gasteiger partial charge is 0.446 e. The summed E-state index contributed by atoms with van der Waals surface area (Å²) in [6.07, 6.45) is 0. The standard InChI is InChI=1S/C8H5F4NO2S/c1-4-2-3-5(13(14)15)6(9)7(4)16-8(10,11)12/h2-3H,1H3. The van der Waals surface area contributed by atoms with Gasteiger partial charge in [0.1, 0.15) is 0 Å². The number of aryl methyl sites for hydroxylation is 1. The average molecular weight is 255 g/mol. The molecule has 0 aromatic heterocycles. The minimum atomic E-state index is -4.68. The molecule has 0 atom stereocenters. The number of hydrogen-bond acceptors (Lipinski definition) is 3. The first-order chi connectivity index (χ1) is 7.22. The fourth-order valence-electron chi connectivity index (χ4n) is 1.02. The summed E-state index contributed by atoms with van der Waals surface area (Å²) in [6.45, 7) is 1.25. The van der Waals surface area contributed by atoms with Crippen molar-refractivity contribution >= 4 is 17.4 Å². The molecule has 0 amide bonds. The second-order valence-corrected chi connectivity index (χ2v) is 3.92. The topological polar surface area (TPSA) is 43.1 Å².